The predicted molar refractivity (Wildman–Crippen MR) is 110 cm³/mol. The molecule has 0 unspecified atom stereocenters. The number of rotatable bonds is 3. The number of hydrogen-bond acceptors (Lipinski definition) is 4. The average Bonchev–Trinajstić information content (AvgIpc) is 3.02. The van der Waals surface area contributed by atoms with Gasteiger partial charge in [-0.3, -0.25) is 14.6 Å². The lowest BCUT2D eigenvalue weighted by Gasteiger charge is -2.25. The average molecular weight is 403 g/mol. The molecular formula is C23H15ClN2O3. The van der Waals surface area contributed by atoms with Crippen LogP contribution in [-0.2, 0) is 6.54 Å². The lowest BCUT2D eigenvalue weighted by Crippen LogP contribution is -2.29. The van der Waals surface area contributed by atoms with Crippen LogP contribution in [0.15, 0.2) is 82.3 Å². The molecule has 6 heteroatoms. The Kier molecular flexibility index (Phi) is 4.18. The van der Waals surface area contributed by atoms with E-state index in [-0.39, 0.29) is 17.1 Å². The number of pyridine rings is 1. The van der Waals surface area contributed by atoms with Crippen molar-refractivity contribution in [3.63, 3.8) is 0 Å². The second-order valence-electron chi connectivity index (χ2n) is 6.92. The number of amides is 1. The molecule has 1 atom stereocenters. The van der Waals surface area contributed by atoms with Crippen LogP contribution in [0.5, 0.6) is 0 Å². The van der Waals surface area contributed by atoms with Gasteiger partial charge >= 0.3 is 0 Å². The minimum Gasteiger partial charge on any atom is -0.450 e. The molecule has 2 aromatic heterocycles. The van der Waals surface area contributed by atoms with Gasteiger partial charge < -0.3 is 9.32 Å². The van der Waals surface area contributed by atoms with Gasteiger partial charge in [0.2, 0.25) is 5.76 Å². The maximum atomic E-state index is 13.4. The Morgan fingerprint density at radius 1 is 1.00 bits per heavy atom. The van der Waals surface area contributed by atoms with E-state index < -0.39 is 6.04 Å². The van der Waals surface area contributed by atoms with Crippen molar-refractivity contribution in [2.75, 3.05) is 0 Å². The number of fused-ring (bicyclic) bond motifs is 2. The summed E-state index contributed by atoms with van der Waals surface area (Å²) < 4.78 is 5.91. The van der Waals surface area contributed by atoms with E-state index in [1.54, 1.807) is 35.5 Å². The van der Waals surface area contributed by atoms with Crippen molar-refractivity contribution in [3.8, 4) is 0 Å². The minimum atomic E-state index is -0.555. The van der Waals surface area contributed by atoms with Gasteiger partial charge in [-0.15, -0.1) is 0 Å². The summed E-state index contributed by atoms with van der Waals surface area (Å²) in [5.74, 6) is -0.220. The lowest BCUT2D eigenvalue weighted by molar-refractivity contribution is 0.0714. The van der Waals surface area contributed by atoms with E-state index in [4.69, 9.17) is 16.0 Å². The van der Waals surface area contributed by atoms with Crippen molar-refractivity contribution < 1.29 is 9.21 Å². The van der Waals surface area contributed by atoms with E-state index in [0.717, 1.165) is 11.1 Å². The molecule has 142 valence electrons. The summed E-state index contributed by atoms with van der Waals surface area (Å²) in [7, 11) is 0. The van der Waals surface area contributed by atoms with Crippen LogP contribution in [0.4, 0.5) is 0 Å². The van der Waals surface area contributed by atoms with Crippen LogP contribution in [-0.4, -0.2) is 15.8 Å². The van der Waals surface area contributed by atoms with E-state index in [9.17, 15) is 9.59 Å². The van der Waals surface area contributed by atoms with Crippen molar-refractivity contribution in [1.29, 1.82) is 0 Å². The number of carbonyl (C=O) groups is 1. The van der Waals surface area contributed by atoms with E-state index in [1.165, 1.54) is 0 Å². The molecule has 0 fully saturated rings. The Bertz CT molecular complexity index is 1290. The first-order valence-electron chi connectivity index (χ1n) is 9.14. The molecule has 4 aromatic rings. The Labute approximate surface area is 171 Å². The van der Waals surface area contributed by atoms with Gasteiger partial charge in [-0.05, 0) is 41.5 Å². The molecule has 5 nitrogen and oxygen atoms in total. The van der Waals surface area contributed by atoms with Gasteiger partial charge in [0, 0.05) is 24.0 Å². The first kappa shape index (κ1) is 17.6. The summed E-state index contributed by atoms with van der Waals surface area (Å²) in [5, 5.41) is 0.806. The molecule has 0 saturated carbocycles. The molecular weight excluding hydrogens is 388 g/mol. The monoisotopic (exact) mass is 402 g/mol. The van der Waals surface area contributed by atoms with Crippen molar-refractivity contribution in [2.24, 2.45) is 0 Å². The van der Waals surface area contributed by atoms with Crippen LogP contribution in [0.25, 0.3) is 11.0 Å². The Hall–Kier alpha value is -3.44. The second-order valence-corrected chi connectivity index (χ2v) is 7.35. The zero-order chi connectivity index (χ0) is 20.0. The zero-order valence-corrected chi connectivity index (χ0v) is 16.0. The third-order valence-electron chi connectivity index (χ3n) is 5.15. The molecule has 0 radical (unpaired) electrons. The molecule has 0 bridgehead atoms. The number of hydrogen-bond donors (Lipinski definition) is 0. The van der Waals surface area contributed by atoms with Gasteiger partial charge in [-0.1, -0.05) is 41.9 Å². The van der Waals surface area contributed by atoms with Crippen LogP contribution >= 0.6 is 11.6 Å². The molecule has 29 heavy (non-hydrogen) atoms. The quantitative estimate of drug-likeness (QED) is 0.503. The normalized spacial score (nSPS) is 15.7. The molecule has 0 saturated heterocycles. The van der Waals surface area contributed by atoms with Crippen molar-refractivity contribution in [3.05, 3.63) is 111 Å². The molecule has 0 spiro atoms. The number of nitrogens with zero attached hydrogens (tertiary/aromatic N) is 2. The van der Waals surface area contributed by atoms with Crippen LogP contribution in [0.2, 0.25) is 5.02 Å². The smallest absolute Gasteiger partial charge is 0.291 e. The zero-order valence-electron chi connectivity index (χ0n) is 15.2. The Balaban J connectivity index is 1.74. The standard InChI is InChI=1S/C23H15ClN2O3/c24-16-6-7-18-17(12-16)21(27)19-20(15-8-10-25-11-9-15)26(23(28)22(19)29-18)13-14-4-2-1-3-5-14/h1-12,20H,13H2/t20-/m1/s1. The molecule has 0 aliphatic carbocycles. The highest BCUT2D eigenvalue weighted by atomic mass is 35.5. The van der Waals surface area contributed by atoms with Gasteiger partial charge in [-0.25, -0.2) is 0 Å². The third kappa shape index (κ3) is 2.91. The van der Waals surface area contributed by atoms with E-state index >= 15 is 0 Å². The van der Waals surface area contributed by atoms with E-state index in [1.807, 2.05) is 42.5 Å². The fourth-order valence-corrected chi connectivity index (χ4v) is 4.00. The summed E-state index contributed by atoms with van der Waals surface area (Å²) >= 11 is 6.09. The second kappa shape index (κ2) is 6.87. The predicted octanol–water partition coefficient (Wildman–Crippen LogP) is 4.59. The lowest BCUT2D eigenvalue weighted by atomic mass is 9.99. The molecule has 1 amide bonds. The SMILES string of the molecule is O=C1c2oc3ccc(Cl)cc3c(=O)c2[C@@H](c2ccncc2)N1Cc1ccccc1. The molecule has 1 aliphatic rings. The Morgan fingerprint density at radius 2 is 1.76 bits per heavy atom. The number of halogens is 1. The van der Waals surface area contributed by atoms with Crippen molar-refractivity contribution >= 4 is 28.5 Å². The minimum absolute atomic E-state index is 0.0857. The van der Waals surface area contributed by atoms with Crippen LogP contribution < -0.4 is 5.43 Å². The Morgan fingerprint density at radius 3 is 2.52 bits per heavy atom. The molecule has 0 N–H and O–H groups in total. The molecule has 1 aliphatic heterocycles. The van der Waals surface area contributed by atoms with Crippen LogP contribution in [0.3, 0.4) is 0 Å². The van der Waals surface area contributed by atoms with Crippen LogP contribution in [0, 0.1) is 0 Å². The fourth-order valence-electron chi connectivity index (χ4n) is 3.83. The molecule has 3 heterocycles. The number of benzene rings is 2. The highest BCUT2D eigenvalue weighted by Crippen LogP contribution is 2.39. The van der Waals surface area contributed by atoms with Crippen molar-refractivity contribution in [1.82, 2.24) is 9.88 Å². The summed E-state index contributed by atoms with van der Waals surface area (Å²) in [6, 6.07) is 17.6. The van der Waals surface area contributed by atoms with Crippen molar-refractivity contribution in [2.45, 2.75) is 12.6 Å². The topological polar surface area (TPSA) is 63.4 Å². The maximum absolute atomic E-state index is 13.4. The van der Waals surface area contributed by atoms with Gasteiger partial charge in [0.05, 0.1) is 17.0 Å². The van der Waals surface area contributed by atoms with Gasteiger partial charge in [0.15, 0.2) is 5.43 Å². The number of aromatic nitrogens is 1. The highest BCUT2D eigenvalue weighted by Gasteiger charge is 2.42. The molecule has 5 rings (SSSR count). The van der Waals surface area contributed by atoms with Gasteiger partial charge in [-0.2, -0.15) is 0 Å². The van der Waals surface area contributed by atoms with Gasteiger partial charge in [0.25, 0.3) is 5.91 Å². The molecule has 2 aromatic carbocycles. The first-order valence-corrected chi connectivity index (χ1v) is 9.52. The first-order chi connectivity index (χ1) is 14.1. The van der Waals surface area contributed by atoms with Crippen LogP contribution in [0.1, 0.15) is 33.3 Å². The largest absolute Gasteiger partial charge is 0.450 e. The third-order valence-corrected chi connectivity index (χ3v) is 5.38. The highest BCUT2D eigenvalue weighted by molar-refractivity contribution is 6.31. The van der Waals surface area contributed by atoms with E-state index in [2.05, 4.69) is 4.98 Å². The number of carbonyl (C=O) groups excluding carboxylic acids is 1. The summed E-state index contributed by atoms with van der Waals surface area (Å²) in [4.78, 5) is 32.4. The summed E-state index contributed by atoms with van der Waals surface area (Å²) in [5.41, 5.74) is 2.22. The summed E-state index contributed by atoms with van der Waals surface area (Å²) in [6.45, 7) is 0.355. The fraction of sp³-hybridized carbons (Fsp3) is 0.0870. The van der Waals surface area contributed by atoms with E-state index in [0.29, 0.717) is 28.1 Å². The van der Waals surface area contributed by atoms with Gasteiger partial charge in [0.1, 0.15) is 5.58 Å². The maximum Gasteiger partial charge on any atom is 0.291 e. The summed E-state index contributed by atoms with van der Waals surface area (Å²) in [6.07, 6.45) is 3.30.